The maximum atomic E-state index is 9.39. The Kier molecular flexibility index (Phi) is 5.46. The van der Waals surface area contributed by atoms with Gasteiger partial charge in [0.25, 0.3) is 0 Å². The van der Waals surface area contributed by atoms with Crippen LogP contribution in [0, 0.1) is 0 Å². The van der Waals surface area contributed by atoms with Crippen LogP contribution in [0.1, 0.15) is 18.1 Å². The number of rotatable bonds is 7. The maximum absolute atomic E-state index is 9.39. The van der Waals surface area contributed by atoms with Gasteiger partial charge in [0.15, 0.2) is 0 Å². The zero-order valence-electron chi connectivity index (χ0n) is 12.4. The highest BCUT2D eigenvalue weighted by molar-refractivity contribution is 5.51. The van der Waals surface area contributed by atoms with Gasteiger partial charge in [0.2, 0.25) is 0 Å². The molecule has 21 heavy (non-hydrogen) atoms. The number of benzene rings is 2. The number of hydrogen-bond donors (Lipinski definition) is 2. The Morgan fingerprint density at radius 3 is 2.48 bits per heavy atom. The SMILES string of the molecule is CCOc1ccc(NCc2ccc(OC)cc2)cc1CO. The number of anilines is 1. The minimum atomic E-state index is -0.0343. The minimum absolute atomic E-state index is 0.0343. The average molecular weight is 287 g/mol. The van der Waals surface area contributed by atoms with Crippen LogP contribution in [0.25, 0.3) is 0 Å². The summed E-state index contributed by atoms with van der Waals surface area (Å²) in [4.78, 5) is 0. The Bertz CT molecular complexity index is 567. The van der Waals surface area contributed by atoms with Gasteiger partial charge in [-0.05, 0) is 42.8 Å². The van der Waals surface area contributed by atoms with Crippen molar-refractivity contribution < 1.29 is 14.6 Å². The van der Waals surface area contributed by atoms with Crippen LogP contribution in [0.4, 0.5) is 5.69 Å². The average Bonchev–Trinajstić information content (AvgIpc) is 2.54. The summed E-state index contributed by atoms with van der Waals surface area (Å²) >= 11 is 0. The molecule has 4 heteroatoms. The van der Waals surface area contributed by atoms with Gasteiger partial charge in [-0.2, -0.15) is 0 Å². The molecule has 0 aromatic heterocycles. The number of hydrogen-bond acceptors (Lipinski definition) is 4. The van der Waals surface area contributed by atoms with Crippen molar-refractivity contribution in [2.75, 3.05) is 19.0 Å². The van der Waals surface area contributed by atoms with Gasteiger partial charge in [-0.25, -0.2) is 0 Å². The Morgan fingerprint density at radius 1 is 1.10 bits per heavy atom. The Morgan fingerprint density at radius 2 is 1.86 bits per heavy atom. The Labute approximate surface area is 125 Å². The van der Waals surface area contributed by atoms with Gasteiger partial charge in [0.1, 0.15) is 11.5 Å². The second-order valence-electron chi connectivity index (χ2n) is 4.62. The van der Waals surface area contributed by atoms with Gasteiger partial charge in [0, 0.05) is 17.8 Å². The Balaban J connectivity index is 2.01. The van der Waals surface area contributed by atoms with Crippen LogP contribution in [0.15, 0.2) is 42.5 Å². The van der Waals surface area contributed by atoms with Crippen LogP contribution in [-0.2, 0) is 13.2 Å². The molecule has 0 saturated heterocycles. The minimum Gasteiger partial charge on any atom is -0.497 e. The van der Waals surface area contributed by atoms with Crippen LogP contribution >= 0.6 is 0 Å². The number of nitrogens with one attached hydrogen (secondary N) is 1. The second-order valence-corrected chi connectivity index (χ2v) is 4.62. The molecule has 0 unspecified atom stereocenters. The molecule has 2 N–H and O–H groups in total. The standard InChI is InChI=1S/C17H21NO3/c1-3-21-17-9-6-15(10-14(17)12-19)18-11-13-4-7-16(20-2)8-5-13/h4-10,18-19H,3,11-12H2,1-2H3. The molecule has 0 aliphatic carbocycles. The van der Waals surface area contributed by atoms with Crippen LogP contribution in [0.3, 0.4) is 0 Å². The summed E-state index contributed by atoms with van der Waals surface area (Å²) in [6, 6.07) is 13.7. The van der Waals surface area contributed by atoms with Crippen LogP contribution in [-0.4, -0.2) is 18.8 Å². The molecule has 2 aromatic rings. The summed E-state index contributed by atoms with van der Waals surface area (Å²) in [5.74, 6) is 1.58. The molecule has 0 aliphatic rings. The molecule has 0 saturated carbocycles. The molecule has 0 bridgehead atoms. The van der Waals surface area contributed by atoms with Crippen molar-refractivity contribution in [3.8, 4) is 11.5 Å². The fraction of sp³-hybridized carbons (Fsp3) is 0.294. The van der Waals surface area contributed by atoms with Crippen molar-refractivity contribution in [2.24, 2.45) is 0 Å². The van der Waals surface area contributed by atoms with Crippen molar-refractivity contribution in [1.29, 1.82) is 0 Å². The van der Waals surface area contributed by atoms with Gasteiger partial charge in [0.05, 0.1) is 20.3 Å². The third-order valence-corrected chi connectivity index (χ3v) is 3.19. The monoisotopic (exact) mass is 287 g/mol. The fourth-order valence-electron chi connectivity index (χ4n) is 2.06. The first-order valence-electron chi connectivity index (χ1n) is 7.00. The lowest BCUT2D eigenvalue weighted by Crippen LogP contribution is -2.02. The van der Waals surface area contributed by atoms with Crippen LogP contribution in [0.2, 0.25) is 0 Å². The first kappa shape index (κ1) is 15.2. The third kappa shape index (κ3) is 4.13. The van der Waals surface area contributed by atoms with Crippen molar-refractivity contribution in [2.45, 2.75) is 20.1 Å². The molecule has 0 fully saturated rings. The predicted molar refractivity (Wildman–Crippen MR) is 83.9 cm³/mol. The van der Waals surface area contributed by atoms with Crippen molar-refractivity contribution in [1.82, 2.24) is 0 Å². The fourth-order valence-corrected chi connectivity index (χ4v) is 2.06. The zero-order chi connectivity index (χ0) is 15.1. The first-order chi connectivity index (χ1) is 10.3. The number of aliphatic hydroxyl groups excluding tert-OH is 1. The molecular weight excluding hydrogens is 266 g/mol. The third-order valence-electron chi connectivity index (χ3n) is 3.19. The van der Waals surface area contributed by atoms with E-state index in [0.29, 0.717) is 13.2 Å². The van der Waals surface area contributed by atoms with E-state index in [9.17, 15) is 5.11 Å². The normalized spacial score (nSPS) is 10.2. The molecule has 0 atom stereocenters. The van der Waals surface area contributed by atoms with E-state index >= 15 is 0 Å². The van der Waals surface area contributed by atoms with E-state index in [1.807, 2.05) is 49.4 Å². The summed E-state index contributed by atoms with van der Waals surface area (Å²) in [7, 11) is 1.66. The summed E-state index contributed by atoms with van der Waals surface area (Å²) in [5.41, 5.74) is 2.91. The quantitative estimate of drug-likeness (QED) is 0.821. The number of methoxy groups -OCH3 is 1. The van der Waals surface area contributed by atoms with E-state index in [4.69, 9.17) is 9.47 Å². The molecule has 0 spiro atoms. The molecule has 0 aliphatic heterocycles. The molecule has 2 aromatic carbocycles. The summed E-state index contributed by atoms with van der Waals surface area (Å²) in [6.45, 7) is 3.19. The van der Waals surface area contributed by atoms with E-state index < -0.39 is 0 Å². The van der Waals surface area contributed by atoms with Gasteiger partial charge in [-0.1, -0.05) is 12.1 Å². The molecule has 112 valence electrons. The lowest BCUT2D eigenvalue weighted by Gasteiger charge is -2.12. The highest BCUT2D eigenvalue weighted by Crippen LogP contribution is 2.23. The Hall–Kier alpha value is -2.20. The van der Waals surface area contributed by atoms with Gasteiger partial charge >= 0.3 is 0 Å². The summed E-state index contributed by atoms with van der Waals surface area (Å²) in [6.07, 6.45) is 0. The number of aliphatic hydroxyl groups is 1. The molecule has 4 nitrogen and oxygen atoms in total. The molecule has 2 rings (SSSR count). The largest absolute Gasteiger partial charge is 0.497 e. The first-order valence-corrected chi connectivity index (χ1v) is 7.00. The van der Waals surface area contributed by atoms with E-state index in [-0.39, 0.29) is 6.61 Å². The summed E-state index contributed by atoms with van der Waals surface area (Å²) < 4.78 is 10.6. The number of ether oxygens (including phenoxy) is 2. The predicted octanol–water partition coefficient (Wildman–Crippen LogP) is 3.20. The molecule has 0 amide bonds. The lowest BCUT2D eigenvalue weighted by atomic mass is 10.1. The maximum Gasteiger partial charge on any atom is 0.124 e. The van der Waals surface area contributed by atoms with Gasteiger partial charge in [-0.15, -0.1) is 0 Å². The highest BCUT2D eigenvalue weighted by Gasteiger charge is 2.04. The topological polar surface area (TPSA) is 50.7 Å². The molecule has 0 radical (unpaired) electrons. The zero-order valence-corrected chi connectivity index (χ0v) is 12.4. The highest BCUT2D eigenvalue weighted by atomic mass is 16.5. The van der Waals surface area contributed by atoms with Gasteiger partial charge < -0.3 is 19.9 Å². The molecular formula is C17H21NO3. The van der Waals surface area contributed by atoms with Crippen molar-refractivity contribution in [3.63, 3.8) is 0 Å². The van der Waals surface area contributed by atoms with E-state index in [1.54, 1.807) is 7.11 Å². The van der Waals surface area contributed by atoms with E-state index in [2.05, 4.69) is 5.32 Å². The molecule has 0 heterocycles. The second kappa shape index (κ2) is 7.55. The van der Waals surface area contributed by atoms with Crippen LogP contribution in [0.5, 0.6) is 11.5 Å². The van der Waals surface area contributed by atoms with Crippen LogP contribution < -0.4 is 14.8 Å². The van der Waals surface area contributed by atoms with Crippen molar-refractivity contribution >= 4 is 5.69 Å². The lowest BCUT2D eigenvalue weighted by molar-refractivity contribution is 0.267. The smallest absolute Gasteiger partial charge is 0.124 e. The van der Waals surface area contributed by atoms with E-state index in [0.717, 1.165) is 28.3 Å². The van der Waals surface area contributed by atoms with Gasteiger partial charge in [-0.3, -0.25) is 0 Å². The van der Waals surface area contributed by atoms with E-state index in [1.165, 1.54) is 0 Å². The van der Waals surface area contributed by atoms with Crippen molar-refractivity contribution in [3.05, 3.63) is 53.6 Å². The summed E-state index contributed by atoms with van der Waals surface area (Å²) in [5, 5.41) is 12.7.